The van der Waals surface area contributed by atoms with Crippen LogP contribution in [0, 0.1) is 6.92 Å². The Hall–Kier alpha value is -2.33. The molecule has 4 heteroatoms. The van der Waals surface area contributed by atoms with Crippen molar-refractivity contribution in [3.05, 3.63) is 64.7 Å². The average molecular weight is 283 g/mol. The van der Waals surface area contributed by atoms with Crippen molar-refractivity contribution in [3.8, 4) is 5.75 Å². The molecule has 1 aliphatic carbocycles. The van der Waals surface area contributed by atoms with Crippen molar-refractivity contribution in [3.63, 3.8) is 0 Å². The number of carbonyl (C=O) groups excluding carboxylic acids is 1. The number of amides is 1. The normalized spacial score (nSPS) is 20.1. The number of nitrogens with one attached hydrogen (secondary N) is 1. The third kappa shape index (κ3) is 2.50. The lowest BCUT2D eigenvalue weighted by atomic mass is 10.1. The Balaban J connectivity index is 1.83. The number of aryl methyl sites for hydroxylation is 1. The Morgan fingerprint density at radius 3 is 2.76 bits per heavy atom. The molecule has 0 heterocycles. The molecule has 21 heavy (non-hydrogen) atoms. The minimum Gasteiger partial charge on any atom is -0.508 e. The lowest BCUT2D eigenvalue weighted by Crippen LogP contribution is -2.33. The molecule has 3 N–H and O–H groups in total. The molecule has 0 fully saturated rings. The Bertz CT molecular complexity index is 696. The van der Waals surface area contributed by atoms with E-state index in [-0.39, 0.29) is 17.7 Å². The standard InChI is InChI=1S/C17H17NO3/c1-10-8-12(6-7-14(10)19)17(21)18-16-13-5-3-2-4-11(13)9-15(16)20/h2-8,15-16,19-20H,9H2,1H3,(H,18,21)/t15-,16+/m1/s1. The van der Waals surface area contributed by atoms with Crippen molar-refractivity contribution < 1.29 is 15.0 Å². The molecule has 2 atom stereocenters. The van der Waals surface area contributed by atoms with Crippen LogP contribution in [0.15, 0.2) is 42.5 Å². The maximum atomic E-state index is 12.3. The highest BCUT2D eigenvalue weighted by atomic mass is 16.3. The molecule has 1 amide bonds. The molecule has 0 saturated heterocycles. The van der Waals surface area contributed by atoms with Gasteiger partial charge in [-0.1, -0.05) is 24.3 Å². The minimum atomic E-state index is -0.607. The number of aromatic hydroxyl groups is 1. The number of rotatable bonds is 2. The first-order valence-corrected chi connectivity index (χ1v) is 6.92. The van der Waals surface area contributed by atoms with Crippen LogP contribution in [-0.2, 0) is 6.42 Å². The Morgan fingerprint density at radius 2 is 2.00 bits per heavy atom. The fourth-order valence-corrected chi connectivity index (χ4v) is 2.77. The smallest absolute Gasteiger partial charge is 0.251 e. The van der Waals surface area contributed by atoms with Gasteiger partial charge in [-0.25, -0.2) is 0 Å². The number of hydrogen-bond acceptors (Lipinski definition) is 3. The lowest BCUT2D eigenvalue weighted by Gasteiger charge is -2.18. The fraction of sp³-hybridized carbons (Fsp3) is 0.235. The molecule has 1 aliphatic rings. The molecule has 2 aromatic rings. The molecule has 0 radical (unpaired) electrons. The van der Waals surface area contributed by atoms with Crippen molar-refractivity contribution >= 4 is 5.91 Å². The highest BCUT2D eigenvalue weighted by Crippen LogP contribution is 2.31. The summed E-state index contributed by atoms with van der Waals surface area (Å²) in [6.45, 7) is 1.74. The van der Waals surface area contributed by atoms with Gasteiger partial charge in [0.15, 0.2) is 0 Å². The molecule has 108 valence electrons. The lowest BCUT2D eigenvalue weighted by molar-refractivity contribution is 0.0858. The van der Waals surface area contributed by atoms with Gasteiger partial charge in [-0.05, 0) is 41.8 Å². The van der Waals surface area contributed by atoms with Gasteiger partial charge >= 0.3 is 0 Å². The summed E-state index contributed by atoms with van der Waals surface area (Å²) in [5.41, 5.74) is 3.16. The van der Waals surface area contributed by atoms with Gasteiger partial charge in [-0.2, -0.15) is 0 Å². The first-order valence-electron chi connectivity index (χ1n) is 6.92. The van der Waals surface area contributed by atoms with Crippen LogP contribution in [0.3, 0.4) is 0 Å². The van der Waals surface area contributed by atoms with Crippen LogP contribution in [0.2, 0.25) is 0 Å². The van der Waals surface area contributed by atoms with E-state index >= 15 is 0 Å². The van der Waals surface area contributed by atoms with Gasteiger partial charge in [-0.15, -0.1) is 0 Å². The SMILES string of the molecule is Cc1cc(C(=O)N[C@H]2c3ccccc3C[C@H]2O)ccc1O. The quantitative estimate of drug-likeness (QED) is 0.790. The second kappa shape index (κ2) is 5.22. The number of phenols is 1. The number of benzene rings is 2. The summed E-state index contributed by atoms with van der Waals surface area (Å²) in [7, 11) is 0. The van der Waals surface area contributed by atoms with Crippen molar-refractivity contribution in [2.45, 2.75) is 25.5 Å². The summed E-state index contributed by atoms with van der Waals surface area (Å²) in [5, 5.41) is 22.5. The molecule has 0 bridgehead atoms. The van der Waals surface area contributed by atoms with Crippen LogP contribution >= 0.6 is 0 Å². The Kier molecular flexibility index (Phi) is 3.39. The summed E-state index contributed by atoms with van der Waals surface area (Å²) in [6.07, 6.45) is -0.0556. The number of carbonyl (C=O) groups is 1. The van der Waals surface area contributed by atoms with Crippen molar-refractivity contribution in [2.75, 3.05) is 0 Å². The summed E-state index contributed by atoms with van der Waals surface area (Å²) in [5.74, 6) is -0.0864. The molecule has 0 spiro atoms. The van der Waals surface area contributed by atoms with Crippen LogP contribution in [-0.4, -0.2) is 22.2 Å². The van der Waals surface area contributed by atoms with Gasteiger partial charge in [0.05, 0.1) is 12.1 Å². The molecule has 2 aromatic carbocycles. The summed E-state index contributed by atoms with van der Waals surface area (Å²) in [4.78, 5) is 12.3. The van der Waals surface area contributed by atoms with Gasteiger partial charge in [-0.3, -0.25) is 4.79 Å². The minimum absolute atomic E-state index is 0.165. The number of phenolic OH excluding ortho intramolecular Hbond substituents is 1. The van der Waals surface area contributed by atoms with Gasteiger partial charge < -0.3 is 15.5 Å². The van der Waals surface area contributed by atoms with E-state index in [0.29, 0.717) is 17.5 Å². The van der Waals surface area contributed by atoms with E-state index in [1.54, 1.807) is 19.1 Å². The van der Waals surface area contributed by atoms with Crippen molar-refractivity contribution in [1.29, 1.82) is 0 Å². The number of fused-ring (bicyclic) bond motifs is 1. The van der Waals surface area contributed by atoms with E-state index in [2.05, 4.69) is 5.32 Å². The number of aliphatic hydroxyl groups excluding tert-OH is 1. The van der Waals surface area contributed by atoms with Crippen molar-refractivity contribution in [2.24, 2.45) is 0 Å². The van der Waals surface area contributed by atoms with Crippen LogP contribution in [0.25, 0.3) is 0 Å². The van der Waals surface area contributed by atoms with E-state index in [0.717, 1.165) is 11.1 Å². The Labute approximate surface area is 123 Å². The second-order valence-corrected chi connectivity index (χ2v) is 5.42. The van der Waals surface area contributed by atoms with Gasteiger partial charge in [0, 0.05) is 12.0 Å². The third-order valence-electron chi connectivity index (χ3n) is 3.95. The highest BCUT2D eigenvalue weighted by molar-refractivity contribution is 5.95. The summed E-state index contributed by atoms with van der Waals surface area (Å²) >= 11 is 0. The molecule has 0 saturated carbocycles. The van der Waals surface area contributed by atoms with Crippen LogP contribution in [0.4, 0.5) is 0 Å². The fourth-order valence-electron chi connectivity index (χ4n) is 2.77. The van der Waals surface area contributed by atoms with E-state index in [1.807, 2.05) is 24.3 Å². The monoisotopic (exact) mass is 283 g/mol. The predicted octanol–water partition coefficient (Wildman–Crippen LogP) is 2.09. The zero-order valence-corrected chi connectivity index (χ0v) is 11.7. The topological polar surface area (TPSA) is 69.6 Å². The molecule has 4 nitrogen and oxygen atoms in total. The maximum Gasteiger partial charge on any atom is 0.251 e. The first kappa shape index (κ1) is 13.6. The zero-order chi connectivity index (χ0) is 15.0. The van der Waals surface area contributed by atoms with Gasteiger partial charge in [0.25, 0.3) is 5.91 Å². The summed E-state index contributed by atoms with van der Waals surface area (Å²) in [6, 6.07) is 12.1. The maximum absolute atomic E-state index is 12.3. The number of aliphatic hydroxyl groups is 1. The molecule has 3 rings (SSSR count). The molecular formula is C17H17NO3. The van der Waals surface area contributed by atoms with E-state index in [1.165, 1.54) is 6.07 Å². The van der Waals surface area contributed by atoms with Crippen LogP contribution in [0.1, 0.15) is 33.1 Å². The zero-order valence-electron chi connectivity index (χ0n) is 11.7. The number of hydrogen-bond donors (Lipinski definition) is 3. The van der Waals surface area contributed by atoms with Gasteiger partial charge in [0.1, 0.15) is 5.75 Å². The average Bonchev–Trinajstić information content (AvgIpc) is 2.78. The predicted molar refractivity (Wildman–Crippen MR) is 79.2 cm³/mol. The molecule has 0 unspecified atom stereocenters. The summed E-state index contributed by atoms with van der Waals surface area (Å²) < 4.78 is 0. The molecular weight excluding hydrogens is 266 g/mol. The second-order valence-electron chi connectivity index (χ2n) is 5.42. The Morgan fingerprint density at radius 1 is 1.24 bits per heavy atom. The largest absolute Gasteiger partial charge is 0.508 e. The van der Waals surface area contributed by atoms with Gasteiger partial charge in [0.2, 0.25) is 0 Å². The van der Waals surface area contributed by atoms with E-state index in [9.17, 15) is 15.0 Å². The van der Waals surface area contributed by atoms with Crippen molar-refractivity contribution in [1.82, 2.24) is 5.32 Å². The van der Waals surface area contributed by atoms with E-state index < -0.39 is 6.10 Å². The molecule has 0 aliphatic heterocycles. The van der Waals surface area contributed by atoms with E-state index in [4.69, 9.17) is 0 Å². The van der Waals surface area contributed by atoms with Crippen LogP contribution < -0.4 is 5.32 Å². The molecule has 0 aromatic heterocycles. The van der Waals surface area contributed by atoms with Crippen LogP contribution in [0.5, 0.6) is 5.75 Å². The first-order chi connectivity index (χ1) is 10.1. The highest BCUT2D eigenvalue weighted by Gasteiger charge is 2.32. The third-order valence-corrected chi connectivity index (χ3v) is 3.95.